The minimum absolute atomic E-state index is 0.738. The number of aromatic nitrogens is 1. The topological polar surface area (TPSA) is 37.4 Å². The first kappa shape index (κ1) is 14.8. The zero-order chi connectivity index (χ0) is 14.5. The molecule has 1 saturated carbocycles. The van der Waals surface area contributed by atoms with E-state index in [0.29, 0.717) is 0 Å². The van der Waals surface area contributed by atoms with Crippen molar-refractivity contribution in [2.75, 3.05) is 26.2 Å². The molecule has 2 aliphatic rings. The van der Waals surface area contributed by atoms with Crippen molar-refractivity contribution < 1.29 is 4.74 Å². The SMILES string of the molecule is Cc1cc(CNC2CC2)cc(OCCN2CCCCC2)n1. The molecule has 0 amide bonds. The lowest BCUT2D eigenvalue weighted by molar-refractivity contribution is 0.180. The highest BCUT2D eigenvalue weighted by Crippen LogP contribution is 2.20. The Kier molecular flexibility index (Phi) is 5.09. The van der Waals surface area contributed by atoms with Gasteiger partial charge in [-0.25, -0.2) is 4.98 Å². The van der Waals surface area contributed by atoms with Gasteiger partial charge in [-0.1, -0.05) is 6.42 Å². The number of piperidine rings is 1. The predicted molar refractivity (Wildman–Crippen MR) is 84.6 cm³/mol. The zero-order valence-electron chi connectivity index (χ0n) is 13.1. The van der Waals surface area contributed by atoms with E-state index in [1.54, 1.807) is 0 Å². The summed E-state index contributed by atoms with van der Waals surface area (Å²) in [6.07, 6.45) is 6.69. The van der Waals surface area contributed by atoms with Gasteiger partial charge in [0.1, 0.15) is 6.61 Å². The van der Waals surface area contributed by atoms with E-state index in [4.69, 9.17) is 4.74 Å². The lowest BCUT2D eigenvalue weighted by Gasteiger charge is -2.26. The van der Waals surface area contributed by atoms with E-state index in [0.717, 1.165) is 37.3 Å². The van der Waals surface area contributed by atoms with Crippen molar-refractivity contribution in [2.45, 2.75) is 51.6 Å². The number of likely N-dealkylation sites (tertiary alicyclic amines) is 1. The maximum atomic E-state index is 5.87. The number of hydrogen-bond acceptors (Lipinski definition) is 4. The van der Waals surface area contributed by atoms with Crippen molar-refractivity contribution in [3.05, 3.63) is 23.4 Å². The van der Waals surface area contributed by atoms with Crippen LogP contribution in [-0.2, 0) is 6.54 Å². The van der Waals surface area contributed by atoms with Crippen LogP contribution in [0.25, 0.3) is 0 Å². The van der Waals surface area contributed by atoms with Crippen LogP contribution in [0.4, 0.5) is 0 Å². The normalized spacial score (nSPS) is 19.7. The molecule has 0 spiro atoms. The summed E-state index contributed by atoms with van der Waals surface area (Å²) in [7, 11) is 0. The van der Waals surface area contributed by atoms with Crippen LogP contribution in [-0.4, -0.2) is 42.2 Å². The molecule has 0 aromatic carbocycles. The van der Waals surface area contributed by atoms with Crippen molar-refractivity contribution >= 4 is 0 Å². The van der Waals surface area contributed by atoms with Gasteiger partial charge in [0, 0.05) is 30.9 Å². The van der Waals surface area contributed by atoms with Crippen LogP contribution in [0.3, 0.4) is 0 Å². The Morgan fingerprint density at radius 1 is 1.24 bits per heavy atom. The van der Waals surface area contributed by atoms with Crippen molar-refractivity contribution in [1.29, 1.82) is 0 Å². The molecule has 0 bridgehead atoms. The van der Waals surface area contributed by atoms with Gasteiger partial charge in [0.15, 0.2) is 0 Å². The monoisotopic (exact) mass is 289 g/mol. The van der Waals surface area contributed by atoms with E-state index >= 15 is 0 Å². The summed E-state index contributed by atoms with van der Waals surface area (Å²) in [5.41, 5.74) is 2.32. The molecule has 4 heteroatoms. The number of nitrogens with one attached hydrogen (secondary N) is 1. The first-order valence-corrected chi connectivity index (χ1v) is 8.36. The Morgan fingerprint density at radius 3 is 2.81 bits per heavy atom. The van der Waals surface area contributed by atoms with Crippen molar-refractivity contribution in [2.24, 2.45) is 0 Å². The van der Waals surface area contributed by atoms with Gasteiger partial charge in [-0.3, -0.25) is 4.90 Å². The van der Waals surface area contributed by atoms with Gasteiger partial charge in [0.05, 0.1) is 0 Å². The highest BCUT2D eigenvalue weighted by Gasteiger charge is 2.20. The van der Waals surface area contributed by atoms with Gasteiger partial charge >= 0.3 is 0 Å². The molecule has 2 fully saturated rings. The number of aryl methyl sites for hydroxylation is 1. The summed E-state index contributed by atoms with van der Waals surface area (Å²) < 4.78 is 5.87. The third-order valence-corrected chi connectivity index (χ3v) is 4.27. The zero-order valence-corrected chi connectivity index (χ0v) is 13.1. The number of hydrogen-bond donors (Lipinski definition) is 1. The van der Waals surface area contributed by atoms with Crippen molar-refractivity contribution in [3.8, 4) is 5.88 Å². The summed E-state index contributed by atoms with van der Waals surface area (Å²) in [5.74, 6) is 0.777. The Morgan fingerprint density at radius 2 is 2.05 bits per heavy atom. The van der Waals surface area contributed by atoms with Gasteiger partial charge in [-0.05, 0) is 57.3 Å². The van der Waals surface area contributed by atoms with Gasteiger partial charge < -0.3 is 10.1 Å². The van der Waals surface area contributed by atoms with E-state index in [9.17, 15) is 0 Å². The third kappa shape index (κ3) is 4.97. The minimum Gasteiger partial charge on any atom is -0.476 e. The average molecular weight is 289 g/mol. The molecule has 116 valence electrons. The van der Waals surface area contributed by atoms with E-state index in [1.165, 1.54) is 50.8 Å². The van der Waals surface area contributed by atoms with Crippen LogP contribution < -0.4 is 10.1 Å². The summed E-state index contributed by atoms with van der Waals surface area (Å²) >= 11 is 0. The second-order valence-electron chi connectivity index (χ2n) is 6.36. The van der Waals surface area contributed by atoms with Crippen LogP contribution in [0.2, 0.25) is 0 Å². The molecule has 1 aromatic heterocycles. The Hall–Kier alpha value is -1.13. The maximum absolute atomic E-state index is 5.87. The highest BCUT2D eigenvalue weighted by atomic mass is 16.5. The first-order chi connectivity index (χ1) is 10.3. The molecule has 0 radical (unpaired) electrons. The lowest BCUT2D eigenvalue weighted by atomic mass is 10.1. The third-order valence-electron chi connectivity index (χ3n) is 4.27. The second-order valence-corrected chi connectivity index (χ2v) is 6.36. The fraction of sp³-hybridized carbons (Fsp3) is 0.706. The molecule has 2 heterocycles. The van der Waals surface area contributed by atoms with Crippen LogP contribution in [0.1, 0.15) is 43.4 Å². The van der Waals surface area contributed by atoms with Gasteiger partial charge in [0.25, 0.3) is 0 Å². The fourth-order valence-electron chi connectivity index (χ4n) is 2.89. The molecular weight excluding hydrogens is 262 g/mol. The number of ether oxygens (including phenoxy) is 1. The van der Waals surface area contributed by atoms with Gasteiger partial charge in [-0.15, -0.1) is 0 Å². The van der Waals surface area contributed by atoms with E-state index in [2.05, 4.69) is 27.3 Å². The van der Waals surface area contributed by atoms with Crippen molar-refractivity contribution in [3.63, 3.8) is 0 Å². The quantitative estimate of drug-likeness (QED) is 0.837. The molecule has 21 heavy (non-hydrogen) atoms. The van der Waals surface area contributed by atoms with E-state index in [1.807, 2.05) is 6.92 Å². The average Bonchev–Trinajstić information content (AvgIpc) is 3.30. The standard InChI is InChI=1S/C17H27N3O/c1-14-11-15(13-18-16-5-6-16)12-17(19-14)21-10-9-20-7-3-2-4-8-20/h11-12,16,18H,2-10,13H2,1H3. The van der Waals surface area contributed by atoms with Crippen LogP contribution in [0.15, 0.2) is 12.1 Å². The first-order valence-electron chi connectivity index (χ1n) is 8.36. The summed E-state index contributed by atoms with van der Waals surface area (Å²) in [5, 5.41) is 3.54. The van der Waals surface area contributed by atoms with E-state index in [-0.39, 0.29) is 0 Å². The smallest absolute Gasteiger partial charge is 0.213 e. The molecule has 1 N–H and O–H groups in total. The molecule has 4 nitrogen and oxygen atoms in total. The Labute approximate surface area is 127 Å². The molecule has 1 saturated heterocycles. The van der Waals surface area contributed by atoms with Crippen LogP contribution in [0.5, 0.6) is 5.88 Å². The van der Waals surface area contributed by atoms with Gasteiger partial charge in [0.2, 0.25) is 5.88 Å². The number of pyridine rings is 1. The molecule has 0 unspecified atom stereocenters. The number of rotatable bonds is 7. The molecular formula is C17H27N3O. The van der Waals surface area contributed by atoms with E-state index < -0.39 is 0 Å². The van der Waals surface area contributed by atoms with Crippen molar-refractivity contribution in [1.82, 2.24) is 15.2 Å². The lowest BCUT2D eigenvalue weighted by Crippen LogP contribution is -2.33. The Bertz CT molecular complexity index is 453. The van der Waals surface area contributed by atoms with Crippen LogP contribution >= 0.6 is 0 Å². The van der Waals surface area contributed by atoms with Crippen LogP contribution in [0, 0.1) is 6.92 Å². The minimum atomic E-state index is 0.738. The molecule has 0 atom stereocenters. The molecule has 3 rings (SSSR count). The fourth-order valence-corrected chi connectivity index (χ4v) is 2.89. The molecule has 1 aliphatic carbocycles. The largest absolute Gasteiger partial charge is 0.476 e. The van der Waals surface area contributed by atoms with Gasteiger partial charge in [-0.2, -0.15) is 0 Å². The summed E-state index contributed by atoms with van der Waals surface area (Å²) in [6.45, 7) is 7.17. The maximum Gasteiger partial charge on any atom is 0.213 e. The summed E-state index contributed by atoms with van der Waals surface area (Å²) in [6, 6.07) is 4.97. The number of nitrogens with zero attached hydrogens (tertiary/aromatic N) is 2. The summed E-state index contributed by atoms with van der Waals surface area (Å²) in [4.78, 5) is 6.99. The highest BCUT2D eigenvalue weighted by molar-refractivity contribution is 5.24. The Balaban J connectivity index is 1.46. The predicted octanol–water partition coefficient (Wildman–Crippen LogP) is 2.51. The second kappa shape index (κ2) is 7.23. The molecule has 1 aliphatic heterocycles. The molecule has 1 aromatic rings.